The second-order valence-corrected chi connectivity index (χ2v) is 8.58. The number of aromatic nitrogens is 3. The van der Waals surface area contributed by atoms with Gasteiger partial charge in [-0.05, 0) is 70.0 Å². The van der Waals surface area contributed by atoms with E-state index in [0.29, 0.717) is 28.8 Å². The molecular weight excluding hydrogens is 424 g/mol. The average Bonchev–Trinajstić information content (AvgIpc) is 3.14. The van der Waals surface area contributed by atoms with Crippen LogP contribution in [-0.4, -0.2) is 32.2 Å². The Morgan fingerprint density at radius 2 is 1.84 bits per heavy atom. The van der Waals surface area contributed by atoms with Crippen molar-refractivity contribution in [3.05, 3.63) is 65.0 Å². The van der Waals surface area contributed by atoms with Crippen LogP contribution >= 0.6 is 11.8 Å². The Hall–Kier alpha value is -3.13. The molecule has 0 aliphatic rings. The number of aryl methyl sites for hydroxylation is 2. The minimum atomic E-state index is -0.291. The molecule has 1 amide bonds. The van der Waals surface area contributed by atoms with E-state index < -0.39 is 0 Å². The van der Waals surface area contributed by atoms with E-state index in [1.54, 1.807) is 24.3 Å². The molecule has 1 aromatic heterocycles. The quantitative estimate of drug-likeness (QED) is 0.364. The first-order valence-corrected chi connectivity index (χ1v) is 11.5. The number of nitrogens with one attached hydrogen (secondary N) is 1. The molecule has 3 aromatic rings. The molecule has 0 aliphatic heterocycles. The lowest BCUT2D eigenvalue weighted by Crippen LogP contribution is -2.15. The van der Waals surface area contributed by atoms with E-state index in [9.17, 15) is 9.59 Å². The molecule has 0 saturated carbocycles. The molecule has 168 valence electrons. The fraction of sp³-hybridized carbons (Fsp3) is 0.333. The van der Waals surface area contributed by atoms with Gasteiger partial charge in [0.25, 0.3) is 0 Å². The summed E-state index contributed by atoms with van der Waals surface area (Å²) in [7, 11) is 0. The van der Waals surface area contributed by atoms with Gasteiger partial charge in [-0.3, -0.25) is 9.59 Å². The Morgan fingerprint density at radius 3 is 2.50 bits per heavy atom. The van der Waals surface area contributed by atoms with Crippen LogP contribution in [0.1, 0.15) is 54.2 Å². The number of rotatable bonds is 9. The number of benzene rings is 2. The number of ketones is 1. The van der Waals surface area contributed by atoms with Gasteiger partial charge in [-0.25, -0.2) is 0 Å². The molecule has 1 N–H and O–H groups in total. The van der Waals surface area contributed by atoms with E-state index in [-0.39, 0.29) is 23.5 Å². The van der Waals surface area contributed by atoms with Crippen molar-refractivity contribution in [2.75, 3.05) is 11.1 Å². The van der Waals surface area contributed by atoms with Gasteiger partial charge in [-0.1, -0.05) is 30.0 Å². The molecule has 3 rings (SSSR count). The molecular formula is C24H28N4O3S. The second kappa shape index (κ2) is 10.5. The number of nitrogens with zero attached hydrogens (tertiary/aromatic N) is 3. The number of Topliss-reactive ketones (excluding diaryl/α,β-unsaturated/α-hetero) is 1. The number of carbonyl (C=O) groups excluding carboxylic acids is 2. The summed E-state index contributed by atoms with van der Waals surface area (Å²) >= 11 is 1.31. The van der Waals surface area contributed by atoms with Crippen molar-refractivity contribution in [1.82, 2.24) is 14.8 Å². The predicted octanol–water partition coefficient (Wildman–Crippen LogP) is 4.99. The molecule has 2 aromatic carbocycles. The molecule has 0 bridgehead atoms. The van der Waals surface area contributed by atoms with E-state index in [1.165, 1.54) is 18.7 Å². The standard InChI is InChI=1S/C24H28N4O3S/c1-6-28-23(18(5)31-21-11-15(2)10-16(3)12-21)26-27-24(28)32-14-22(30)25-20-9-7-8-19(13-20)17(4)29/h7-13,18H,6,14H2,1-5H3,(H,25,30). The Bertz CT molecular complexity index is 1110. The van der Waals surface area contributed by atoms with Crippen LogP contribution in [0, 0.1) is 13.8 Å². The van der Waals surface area contributed by atoms with Gasteiger partial charge in [0.05, 0.1) is 5.75 Å². The van der Waals surface area contributed by atoms with Crippen LogP contribution in [0.15, 0.2) is 47.6 Å². The summed E-state index contributed by atoms with van der Waals surface area (Å²) in [5.41, 5.74) is 3.43. The molecule has 0 radical (unpaired) electrons. The van der Waals surface area contributed by atoms with Gasteiger partial charge in [0, 0.05) is 17.8 Å². The van der Waals surface area contributed by atoms with Gasteiger partial charge in [0.15, 0.2) is 22.9 Å². The zero-order valence-corrected chi connectivity index (χ0v) is 19.8. The van der Waals surface area contributed by atoms with Crippen LogP contribution in [0.2, 0.25) is 0 Å². The zero-order valence-electron chi connectivity index (χ0n) is 19.0. The summed E-state index contributed by atoms with van der Waals surface area (Å²) in [5, 5.41) is 12.1. The number of thioether (sulfide) groups is 1. The lowest BCUT2D eigenvalue weighted by molar-refractivity contribution is -0.113. The van der Waals surface area contributed by atoms with Crippen molar-refractivity contribution in [1.29, 1.82) is 0 Å². The van der Waals surface area contributed by atoms with E-state index in [4.69, 9.17) is 4.74 Å². The van der Waals surface area contributed by atoms with Crippen molar-refractivity contribution < 1.29 is 14.3 Å². The molecule has 0 saturated heterocycles. The Kier molecular flexibility index (Phi) is 7.69. The maximum Gasteiger partial charge on any atom is 0.234 e. The number of amides is 1. The predicted molar refractivity (Wildman–Crippen MR) is 126 cm³/mol. The van der Waals surface area contributed by atoms with E-state index in [2.05, 4.69) is 21.6 Å². The van der Waals surface area contributed by atoms with Gasteiger partial charge in [-0.15, -0.1) is 10.2 Å². The third-order valence-corrected chi connectivity index (χ3v) is 5.79. The van der Waals surface area contributed by atoms with Crippen LogP contribution in [0.5, 0.6) is 5.75 Å². The van der Waals surface area contributed by atoms with E-state index in [1.807, 2.05) is 44.4 Å². The Morgan fingerprint density at radius 1 is 1.12 bits per heavy atom. The van der Waals surface area contributed by atoms with Gasteiger partial charge < -0.3 is 14.6 Å². The molecule has 0 fully saturated rings. The first-order chi connectivity index (χ1) is 15.3. The SMILES string of the molecule is CCn1c(SCC(=O)Nc2cccc(C(C)=O)c2)nnc1C(C)Oc1cc(C)cc(C)c1. The first-order valence-electron chi connectivity index (χ1n) is 10.5. The van der Waals surface area contributed by atoms with Crippen molar-refractivity contribution in [2.45, 2.75) is 52.4 Å². The topological polar surface area (TPSA) is 86.1 Å². The summed E-state index contributed by atoms with van der Waals surface area (Å²) in [6.07, 6.45) is -0.291. The fourth-order valence-corrected chi connectivity index (χ4v) is 4.22. The van der Waals surface area contributed by atoms with Crippen molar-refractivity contribution in [2.24, 2.45) is 0 Å². The first kappa shape index (κ1) is 23.5. The number of ether oxygens (including phenoxy) is 1. The van der Waals surface area contributed by atoms with Crippen LogP contribution in [0.3, 0.4) is 0 Å². The lowest BCUT2D eigenvalue weighted by atomic mass is 10.1. The van der Waals surface area contributed by atoms with E-state index in [0.717, 1.165) is 16.9 Å². The van der Waals surface area contributed by atoms with Crippen molar-refractivity contribution >= 4 is 29.1 Å². The highest BCUT2D eigenvalue weighted by atomic mass is 32.2. The lowest BCUT2D eigenvalue weighted by Gasteiger charge is -2.16. The maximum atomic E-state index is 12.4. The van der Waals surface area contributed by atoms with Crippen LogP contribution < -0.4 is 10.1 Å². The molecule has 7 nitrogen and oxygen atoms in total. The van der Waals surface area contributed by atoms with Gasteiger partial charge in [0.2, 0.25) is 5.91 Å². The minimum Gasteiger partial charge on any atom is -0.483 e. The number of anilines is 1. The molecule has 32 heavy (non-hydrogen) atoms. The Balaban J connectivity index is 1.64. The third kappa shape index (κ3) is 5.97. The average molecular weight is 453 g/mol. The summed E-state index contributed by atoms with van der Waals surface area (Å²) < 4.78 is 8.07. The molecule has 1 heterocycles. The summed E-state index contributed by atoms with van der Waals surface area (Å²) in [5.74, 6) is 1.46. The number of carbonyl (C=O) groups is 2. The maximum absolute atomic E-state index is 12.4. The van der Waals surface area contributed by atoms with Crippen molar-refractivity contribution in [3.8, 4) is 5.75 Å². The van der Waals surface area contributed by atoms with Crippen LogP contribution in [0.25, 0.3) is 0 Å². The second-order valence-electron chi connectivity index (χ2n) is 7.64. The normalized spacial score (nSPS) is 11.8. The molecule has 0 spiro atoms. The fourth-order valence-electron chi connectivity index (χ4n) is 3.41. The van der Waals surface area contributed by atoms with Crippen LogP contribution in [-0.2, 0) is 11.3 Å². The number of hydrogen-bond acceptors (Lipinski definition) is 6. The summed E-state index contributed by atoms with van der Waals surface area (Å²) in [6, 6.07) is 13.0. The van der Waals surface area contributed by atoms with E-state index >= 15 is 0 Å². The Labute approximate surface area is 192 Å². The van der Waals surface area contributed by atoms with Gasteiger partial charge in [-0.2, -0.15) is 0 Å². The summed E-state index contributed by atoms with van der Waals surface area (Å²) in [4.78, 5) is 23.9. The summed E-state index contributed by atoms with van der Waals surface area (Å²) in [6.45, 7) is 10.2. The van der Waals surface area contributed by atoms with Gasteiger partial charge in [0.1, 0.15) is 5.75 Å². The van der Waals surface area contributed by atoms with Crippen LogP contribution in [0.4, 0.5) is 5.69 Å². The molecule has 1 unspecified atom stereocenters. The largest absolute Gasteiger partial charge is 0.483 e. The number of hydrogen-bond donors (Lipinski definition) is 1. The zero-order chi connectivity index (χ0) is 23.3. The molecule has 8 heteroatoms. The highest BCUT2D eigenvalue weighted by Crippen LogP contribution is 2.26. The highest BCUT2D eigenvalue weighted by molar-refractivity contribution is 7.99. The third-order valence-electron chi connectivity index (χ3n) is 4.82. The van der Waals surface area contributed by atoms with Gasteiger partial charge >= 0.3 is 0 Å². The van der Waals surface area contributed by atoms with Crippen molar-refractivity contribution in [3.63, 3.8) is 0 Å². The molecule has 1 atom stereocenters. The smallest absolute Gasteiger partial charge is 0.234 e. The monoisotopic (exact) mass is 452 g/mol. The highest BCUT2D eigenvalue weighted by Gasteiger charge is 2.19. The minimum absolute atomic E-state index is 0.0452. The molecule has 0 aliphatic carbocycles.